The molecule has 0 aliphatic carbocycles. The summed E-state index contributed by atoms with van der Waals surface area (Å²) in [7, 11) is 0. The Hall–Kier alpha value is -1.56. The summed E-state index contributed by atoms with van der Waals surface area (Å²) < 4.78 is 3.47. The van der Waals surface area contributed by atoms with Gasteiger partial charge < -0.3 is 10.3 Å². The van der Waals surface area contributed by atoms with E-state index in [9.17, 15) is 4.79 Å². The number of hydrogen-bond acceptors (Lipinski definition) is 4. The van der Waals surface area contributed by atoms with Crippen LogP contribution >= 0.6 is 11.3 Å². The van der Waals surface area contributed by atoms with E-state index in [-0.39, 0.29) is 4.87 Å². The number of hydrogen-bond donors (Lipinski definition) is 1. The maximum atomic E-state index is 11.4. The van der Waals surface area contributed by atoms with Gasteiger partial charge in [-0.15, -0.1) is 0 Å². The average Bonchev–Trinajstić information content (AvgIpc) is 2.73. The molecule has 80 valence electrons. The third-order valence-corrected chi connectivity index (χ3v) is 3.06. The smallest absolute Gasteiger partial charge is 0.307 e. The van der Waals surface area contributed by atoms with Gasteiger partial charge in [0, 0.05) is 23.8 Å². The van der Waals surface area contributed by atoms with E-state index in [4.69, 9.17) is 5.73 Å². The van der Waals surface area contributed by atoms with Crippen molar-refractivity contribution < 1.29 is 0 Å². The van der Waals surface area contributed by atoms with Crippen LogP contribution in [0, 0.1) is 6.92 Å². The van der Waals surface area contributed by atoms with E-state index in [1.807, 2.05) is 12.3 Å². The molecule has 5 nitrogen and oxygen atoms in total. The molecule has 0 unspecified atom stereocenters. The molecule has 6 heteroatoms. The lowest BCUT2D eigenvalue weighted by atomic mass is 10.5. The zero-order valence-corrected chi connectivity index (χ0v) is 9.20. The molecule has 0 aromatic carbocycles. The fourth-order valence-electron chi connectivity index (χ4n) is 1.38. The molecule has 0 saturated carbocycles. The minimum atomic E-state index is 0.0765. The number of anilines is 1. The molecule has 15 heavy (non-hydrogen) atoms. The van der Waals surface area contributed by atoms with Crippen molar-refractivity contribution in [2.75, 3.05) is 5.73 Å². The van der Waals surface area contributed by atoms with Crippen LogP contribution < -0.4 is 10.6 Å². The van der Waals surface area contributed by atoms with Gasteiger partial charge in [-0.25, -0.2) is 0 Å². The summed E-state index contributed by atoms with van der Waals surface area (Å²) in [6.07, 6.45) is 3.36. The van der Waals surface area contributed by atoms with Gasteiger partial charge in [0.15, 0.2) is 0 Å². The van der Waals surface area contributed by atoms with Crippen LogP contribution in [0.4, 0.5) is 5.69 Å². The monoisotopic (exact) mass is 224 g/mol. The first-order valence-corrected chi connectivity index (χ1v) is 5.47. The highest BCUT2D eigenvalue weighted by Crippen LogP contribution is 2.02. The lowest BCUT2D eigenvalue weighted by Crippen LogP contribution is -2.18. The summed E-state index contributed by atoms with van der Waals surface area (Å²) in [6, 6.07) is 0. The van der Waals surface area contributed by atoms with Crippen LogP contribution in [0.3, 0.4) is 0 Å². The van der Waals surface area contributed by atoms with Crippen molar-refractivity contribution in [1.82, 2.24) is 14.3 Å². The number of nitrogen functional groups attached to an aromatic ring is 1. The van der Waals surface area contributed by atoms with Crippen LogP contribution in [0.2, 0.25) is 0 Å². The van der Waals surface area contributed by atoms with Gasteiger partial charge in [0.25, 0.3) is 0 Å². The molecule has 2 aromatic heterocycles. The Kier molecular flexibility index (Phi) is 2.59. The Morgan fingerprint density at radius 2 is 2.33 bits per heavy atom. The van der Waals surface area contributed by atoms with E-state index < -0.39 is 0 Å². The van der Waals surface area contributed by atoms with Gasteiger partial charge in [-0.1, -0.05) is 11.3 Å². The summed E-state index contributed by atoms with van der Waals surface area (Å²) >= 11 is 1.22. The lowest BCUT2D eigenvalue weighted by Gasteiger charge is -2.03. The standard InChI is InChI=1S/C9H12N4OS/c1-7-6-15-9(14)13(7)3-2-12-5-8(10)4-11-12/h4-6H,2-3,10H2,1H3. The topological polar surface area (TPSA) is 65.8 Å². The molecule has 2 aromatic rings. The number of nitrogens with zero attached hydrogens (tertiary/aromatic N) is 3. The number of rotatable bonds is 3. The first-order chi connectivity index (χ1) is 7.16. The SMILES string of the molecule is Cc1csc(=O)n1CCn1cc(N)cn1. The molecule has 0 aliphatic rings. The number of thiazole rings is 1. The Bertz CT molecular complexity index is 510. The van der Waals surface area contributed by atoms with E-state index in [1.165, 1.54) is 11.3 Å². The molecule has 2 rings (SSSR count). The van der Waals surface area contributed by atoms with Crippen LogP contribution in [-0.2, 0) is 13.1 Å². The minimum Gasteiger partial charge on any atom is -0.396 e. The van der Waals surface area contributed by atoms with Crippen molar-refractivity contribution >= 4 is 17.0 Å². The second-order valence-corrected chi connectivity index (χ2v) is 4.15. The molecule has 0 bridgehead atoms. The maximum absolute atomic E-state index is 11.4. The molecule has 0 fully saturated rings. The third kappa shape index (κ3) is 2.10. The van der Waals surface area contributed by atoms with Crippen molar-refractivity contribution in [1.29, 1.82) is 0 Å². The Balaban J connectivity index is 2.08. The molecule has 2 N–H and O–H groups in total. The van der Waals surface area contributed by atoms with Crippen molar-refractivity contribution in [3.63, 3.8) is 0 Å². The molecule has 0 spiro atoms. The molecule has 0 saturated heterocycles. The van der Waals surface area contributed by atoms with Crippen molar-refractivity contribution in [2.45, 2.75) is 20.0 Å². The zero-order valence-electron chi connectivity index (χ0n) is 8.38. The fraction of sp³-hybridized carbons (Fsp3) is 0.333. The molecular weight excluding hydrogens is 212 g/mol. The van der Waals surface area contributed by atoms with E-state index in [1.54, 1.807) is 21.6 Å². The second kappa shape index (κ2) is 3.90. The van der Waals surface area contributed by atoms with Gasteiger partial charge in [-0.2, -0.15) is 5.10 Å². The van der Waals surface area contributed by atoms with Gasteiger partial charge in [0.2, 0.25) is 0 Å². The summed E-state index contributed by atoms with van der Waals surface area (Å²) in [5, 5.41) is 5.92. The molecule has 0 aliphatic heterocycles. The number of aromatic nitrogens is 3. The van der Waals surface area contributed by atoms with Gasteiger partial charge in [0.05, 0.1) is 18.4 Å². The van der Waals surface area contributed by atoms with E-state index in [0.29, 0.717) is 18.8 Å². The summed E-state index contributed by atoms with van der Waals surface area (Å²) in [5.41, 5.74) is 7.17. The summed E-state index contributed by atoms with van der Waals surface area (Å²) in [5.74, 6) is 0. The molecule has 0 radical (unpaired) electrons. The van der Waals surface area contributed by atoms with Crippen LogP contribution in [-0.4, -0.2) is 14.3 Å². The predicted molar refractivity (Wildman–Crippen MR) is 60.0 cm³/mol. The first kappa shape index (κ1) is 9.97. The van der Waals surface area contributed by atoms with Gasteiger partial charge in [0.1, 0.15) is 0 Å². The second-order valence-electron chi connectivity index (χ2n) is 3.33. The predicted octanol–water partition coefficient (Wildman–Crippen LogP) is 0.697. The maximum Gasteiger partial charge on any atom is 0.307 e. The molecule has 0 atom stereocenters. The largest absolute Gasteiger partial charge is 0.396 e. The quantitative estimate of drug-likeness (QED) is 0.834. The Morgan fingerprint density at radius 3 is 2.87 bits per heavy atom. The molecule has 2 heterocycles. The van der Waals surface area contributed by atoms with Crippen molar-refractivity contribution in [3.05, 3.63) is 33.1 Å². The van der Waals surface area contributed by atoms with Gasteiger partial charge >= 0.3 is 4.87 Å². The summed E-state index contributed by atoms with van der Waals surface area (Å²) in [4.78, 5) is 11.5. The van der Waals surface area contributed by atoms with Crippen molar-refractivity contribution in [3.8, 4) is 0 Å². The van der Waals surface area contributed by atoms with Crippen LogP contribution in [0.15, 0.2) is 22.6 Å². The molecular formula is C9H12N4OS. The van der Waals surface area contributed by atoms with Crippen molar-refractivity contribution in [2.24, 2.45) is 0 Å². The van der Waals surface area contributed by atoms with Crippen LogP contribution in [0.5, 0.6) is 0 Å². The van der Waals surface area contributed by atoms with Gasteiger partial charge in [-0.05, 0) is 6.92 Å². The highest BCUT2D eigenvalue weighted by atomic mass is 32.1. The first-order valence-electron chi connectivity index (χ1n) is 4.59. The summed E-state index contributed by atoms with van der Waals surface area (Å²) in [6.45, 7) is 3.22. The number of aryl methyl sites for hydroxylation is 2. The number of nitrogens with two attached hydrogens (primary N) is 1. The van der Waals surface area contributed by atoms with Crippen LogP contribution in [0.1, 0.15) is 5.69 Å². The zero-order chi connectivity index (χ0) is 10.8. The normalized spacial score (nSPS) is 10.7. The average molecular weight is 224 g/mol. The van der Waals surface area contributed by atoms with Crippen LogP contribution in [0.25, 0.3) is 0 Å². The van der Waals surface area contributed by atoms with E-state index in [0.717, 1.165) is 5.69 Å². The van der Waals surface area contributed by atoms with Gasteiger partial charge in [-0.3, -0.25) is 9.48 Å². The van der Waals surface area contributed by atoms with E-state index in [2.05, 4.69) is 5.10 Å². The fourth-order valence-corrected chi connectivity index (χ4v) is 2.14. The Labute approximate surface area is 90.8 Å². The minimum absolute atomic E-state index is 0.0765. The lowest BCUT2D eigenvalue weighted by molar-refractivity contribution is 0.523. The van der Waals surface area contributed by atoms with E-state index >= 15 is 0 Å². The Morgan fingerprint density at radius 1 is 1.53 bits per heavy atom. The third-order valence-electron chi connectivity index (χ3n) is 2.18. The highest BCUT2D eigenvalue weighted by Gasteiger charge is 2.02. The highest BCUT2D eigenvalue weighted by molar-refractivity contribution is 7.07. The molecule has 0 amide bonds.